The highest BCUT2D eigenvalue weighted by atomic mass is 32.1. The number of carbonyl (C=O) groups is 1. The SMILES string of the molecule is O=C(NCC(Nc1nc(-c2ccccn2)cs1)N1CCCC1)c1ccncc1. The Morgan fingerprint density at radius 1 is 1.11 bits per heavy atom. The Bertz CT molecular complexity index is 895. The van der Waals surface area contributed by atoms with Gasteiger partial charge in [-0.15, -0.1) is 11.3 Å². The van der Waals surface area contributed by atoms with E-state index in [4.69, 9.17) is 0 Å². The van der Waals surface area contributed by atoms with Crippen molar-refractivity contribution < 1.29 is 4.79 Å². The second-order valence-electron chi connectivity index (χ2n) is 6.60. The van der Waals surface area contributed by atoms with Gasteiger partial charge in [0.2, 0.25) is 0 Å². The van der Waals surface area contributed by atoms with Gasteiger partial charge in [-0.2, -0.15) is 0 Å². The van der Waals surface area contributed by atoms with Crippen LogP contribution < -0.4 is 10.6 Å². The summed E-state index contributed by atoms with van der Waals surface area (Å²) in [5.74, 6) is -0.0956. The van der Waals surface area contributed by atoms with Crippen LogP contribution in [0.2, 0.25) is 0 Å². The van der Waals surface area contributed by atoms with Gasteiger partial charge in [0.25, 0.3) is 5.91 Å². The summed E-state index contributed by atoms with van der Waals surface area (Å²) >= 11 is 1.55. The van der Waals surface area contributed by atoms with Crippen LogP contribution in [-0.2, 0) is 0 Å². The van der Waals surface area contributed by atoms with E-state index < -0.39 is 0 Å². The Labute approximate surface area is 167 Å². The van der Waals surface area contributed by atoms with Crippen molar-refractivity contribution >= 4 is 22.4 Å². The van der Waals surface area contributed by atoms with Crippen molar-refractivity contribution in [1.82, 2.24) is 25.2 Å². The minimum Gasteiger partial charge on any atom is -0.349 e. The van der Waals surface area contributed by atoms with E-state index in [0.717, 1.165) is 29.6 Å². The largest absolute Gasteiger partial charge is 0.349 e. The first kappa shape index (κ1) is 18.5. The summed E-state index contributed by atoms with van der Waals surface area (Å²) < 4.78 is 0. The number of anilines is 1. The third-order valence-electron chi connectivity index (χ3n) is 4.70. The van der Waals surface area contributed by atoms with Gasteiger partial charge in [-0.1, -0.05) is 6.07 Å². The normalized spacial score (nSPS) is 15.3. The van der Waals surface area contributed by atoms with Crippen LogP contribution in [0, 0.1) is 0 Å². The number of hydrogen-bond donors (Lipinski definition) is 2. The van der Waals surface area contributed by atoms with E-state index >= 15 is 0 Å². The van der Waals surface area contributed by atoms with Crippen molar-refractivity contribution in [2.24, 2.45) is 0 Å². The molecule has 0 aliphatic carbocycles. The van der Waals surface area contributed by atoms with Gasteiger partial charge in [0.05, 0.1) is 18.4 Å². The molecule has 0 bridgehead atoms. The van der Waals surface area contributed by atoms with E-state index in [-0.39, 0.29) is 12.1 Å². The summed E-state index contributed by atoms with van der Waals surface area (Å²) in [5.41, 5.74) is 2.33. The molecule has 8 heteroatoms. The molecule has 3 aromatic heterocycles. The molecule has 1 aliphatic rings. The molecule has 1 atom stereocenters. The Morgan fingerprint density at radius 3 is 2.68 bits per heavy atom. The molecule has 1 saturated heterocycles. The van der Waals surface area contributed by atoms with Crippen molar-refractivity contribution in [3.05, 3.63) is 59.9 Å². The lowest BCUT2D eigenvalue weighted by Gasteiger charge is -2.28. The van der Waals surface area contributed by atoms with E-state index in [0.29, 0.717) is 12.1 Å². The Hall–Kier alpha value is -2.84. The fourth-order valence-corrected chi connectivity index (χ4v) is 3.99. The molecule has 1 unspecified atom stereocenters. The van der Waals surface area contributed by atoms with E-state index in [2.05, 4.69) is 30.5 Å². The van der Waals surface area contributed by atoms with Gasteiger partial charge in [0, 0.05) is 42.6 Å². The summed E-state index contributed by atoms with van der Waals surface area (Å²) in [6.07, 6.45) is 7.36. The van der Waals surface area contributed by atoms with Gasteiger partial charge in [-0.25, -0.2) is 4.98 Å². The van der Waals surface area contributed by atoms with Crippen LogP contribution >= 0.6 is 11.3 Å². The molecule has 1 fully saturated rings. The fraction of sp³-hybridized carbons (Fsp3) is 0.300. The maximum Gasteiger partial charge on any atom is 0.251 e. The predicted octanol–water partition coefficient (Wildman–Crippen LogP) is 2.86. The summed E-state index contributed by atoms with van der Waals surface area (Å²) in [7, 11) is 0. The first-order chi connectivity index (χ1) is 13.8. The van der Waals surface area contributed by atoms with Crippen LogP contribution in [0.5, 0.6) is 0 Å². The van der Waals surface area contributed by atoms with Gasteiger partial charge < -0.3 is 10.6 Å². The number of pyridine rings is 2. The number of nitrogens with zero attached hydrogens (tertiary/aromatic N) is 4. The molecule has 0 aromatic carbocycles. The van der Waals surface area contributed by atoms with Crippen LogP contribution in [-0.4, -0.2) is 51.6 Å². The molecule has 1 aliphatic heterocycles. The molecule has 144 valence electrons. The lowest BCUT2D eigenvalue weighted by molar-refractivity contribution is 0.0941. The number of carbonyl (C=O) groups excluding carboxylic acids is 1. The lowest BCUT2D eigenvalue weighted by atomic mass is 10.2. The summed E-state index contributed by atoms with van der Waals surface area (Å²) in [4.78, 5) is 27.7. The number of likely N-dealkylation sites (tertiary alicyclic amines) is 1. The zero-order valence-electron chi connectivity index (χ0n) is 15.4. The molecule has 3 aromatic rings. The monoisotopic (exact) mass is 394 g/mol. The fourth-order valence-electron chi connectivity index (χ4n) is 3.23. The molecule has 2 N–H and O–H groups in total. The number of nitrogens with one attached hydrogen (secondary N) is 2. The zero-order valence-corrected chi connectivity index (χ0v) is 16.2. The highest BCUT2D eigenvalue weighted by Gasteiger charge is 2.23. The van der Waals surface area contributed by atoms with Gasteiger partial charge in [0.1, 0.15) is 5.69 Å². The highest BCUT2D eigenvalue weighted by Crippen LogP contribution is 2.24. The summed E-state index contributed by atoms with van der Waals surface area (Å²) in [6, 6.07) is 9.23. The predicted molar refractivity (Wildman–Crippen MR) is 110 cm³/mol. The lowest BCUT2D eigenvalue weighted by Crippen LogP contribution is -2.47. The van der Waals surface area contributed by atoms with Crippen LogP contribution in [0.4, 0.5) is 5.13 Å². The van der Waals surface area contributed by atoms with Gasteiger partial charge in [-0.05, 0) is 37.1 Å². The van der Waals surface area contributed by atoms with Crippen molar-refractivity contribution in [3.8, 4) is 11.4 Å². The van der Waals surface area contributed by atoms with Gasteiger partial charge in [0.15, 0.2) is 5.13 Å². The van der Waals surface area contributed by atoms with Crippen molar-refractivity contribution in [2.45, 2.75) is 19.0 Å². The van der Waals surface area contributed by atoms with E-state index in [1.54, 1.807) is 42.1 Å². The number of rotatable bonds is 7. The second kappa shape index (κ2) is 8.90. The first-order valence-electron chi connectivity index (χ1n) is 9.35. The van der Waals surface area contributed by atoms with Crippen LogP contribution in [0.1, 0.15) is 23.2 Å². The van der Waals surface area contributed by atoms with E-state index in [1.165, 1.54) is 12.8 Å². The minimum absolute atomic E-state index is 0.00369. The summed E-state index contributed by atoms with van der Waals surface area (Å²) in [5, 5.41) is 9.36. The maximum absolute atomic E-state index is 12.4. The third kappa shape index (κ3) is 4.52. The molecule has 28 heavy (non-hydrogen) atoms. The van der Waals surface area contributed by atoms with Gasteiger partial charge >= 0.3 is 0 Å². The highest BCUT2D eigenvalue weighted by molar-refractivity contribution is 7.14. The molecular formula is C20H22N6OS. The van der Waals surface area contributed by atoms with E-state index in [1.807, 2.05) is 23.6 Å². The Morgan fingerprint density at radius 2 is 1.93 bits per heavy atom. The number of thiazole rings is 1. The molecule has 7 nitrogen and oxygen atoms in total. The average Bonchev–Trinajstić information content (AvgIpc) is 3.44. The Kier molecular flexibility index (Phi) is 5.89. The molecule has 1 amide bonds. The molecular weight excluding hydrogens is 372 g/mol. The molecule has 0 saturated carbocycles. The second-order valence-corrected chi connectivity index (χ2v) is 7.46. The average molecular weight is 395 g/mol. The minimum atomic E-state index is -0.0956. The number of hydrogen-bond acceptors (Lipinski definition) is 7. The van der Waals surface area contributed by atoms with Crippen LogP contribution in [0.25, 0.3) is 11.4 Å². The maximum atomic E-state index is 12.4. The molecule has 0 spiro atoms. The van der Waals surface area contributed by atoms with Crippen LogP contribution in [0.3, 0.4) is 0 Å². The standard InChI is InChI=1S/C20H22N6OS/c27-19(15-6-9-21-10-7-15)23-13-18(26-11-3-4-12-26)25-20-24-17(14-28-20)16-5-1-2-8-22-16/h1-2,5-10,14,18H,3-4,11-13H2,(H,23,27)(H,24,25). The molecule has 4 rings (SSSR count). The van der Waals surface area contributed by atoms with Crippen molar-refractivity contribution in [2.75, 3.05) is 25.0 Å². The third-order valence-corrected chi connectivity index (χ3v) is 5.48. The Balaban J connectivity index is 1.43. The smallest absolute Gasteiger partial charge is 0.251 e. The van der Waals surface area contributed by atoms with E-state index in [9.17, 15) is 4.79 Å². The van der Waals surface area contributed by atoms with Crippen molar-refractivity contribution in [1.29, 1.82) is 0 Å². The first-order valence-corrected chi connectivity index (χ1v) is 10.2. The molecule has 4 heterocycles. The van der Waals surface area contributed by atoms with Crippen LogP contribution in [0.15, 0.2) is 54.3 Å². The van der Waals surface area contributed by atoms with Crippen molar-refractivity contribution in [3.63, 3.8) is 0 Å². The number of aromatic nitrogens is 3. The molecule has 0 radical (unpaired) electrons. The van der Waals surface area contributed by atoms with Gasteiger partial charge in [-0.3, -0.25) is 19.7 Å². The quantitative estimate of drug-likeness (QED) is 0.641. The zero-order chi connectivity index (χ0) is 19.2. The summed E-state index contributed by atoms with van der Waals surface area (Å²) in [6.45, 7) is 2.53. The topological polar surface area (TPSA) is 83.0 Å². The number of amides is 1.